The van der Waals surface area contributed by atoms with Gasteiger partial charge < -0.3 is 37.4 Å². The molecule has 320 valence electrons. The smallest absolute Gasteiger partial charge is 0.326 e. The molecule has 25 nitrogen and oxygen atoms in total. The molecule has 5 amide bonds. The Morgan fingerprint density at radius 3 is 0.885 bits per heavy atom. The fourth-order valence-corrected chi connectivity index (χ4v) is 6.22. The third kappa shape index (κ3) is 12.5. The molecule has 14 N–H and O–H groups in total. The van der Waals surface area contributed by atoms with Crippen molar-refractivity contribution in [2.45, 2.75) is 74.8 Å². The van der Waals surface area contributed by atoms with Gasteiger partial charge in [-0.15, -0.1) is 0 Å². The maximum atomic E-state index is 14.3. The van der Waals surface area contributed by atoms with E-state index in [0.717, 1.165) is 0 Å². The molecule has 0 aliphatic rings. The molecule has 0 fully saturated rings. The van der Waals surface area contributed by atoms with Gasteiger partial charge in [0.2, 0.25) is 29.5 Å². The number of nitrogens with one attached hydrogen (secondary N) is 11. The van der Waals surface area contributed by atoms with Crippen molar-refractivity contribution in [1.29, 1.82) is 0 Å². The second-order valence-corrected chi connectivity index (χ2v) is 14.0. The summed E-state index contributed by atoms with van der Waals surface area (Å²) in [5.41, 5.74) is 9.05. The lowest BCUT2D eigenvalue weighted by atomic mass is 10.0. The average Bonchev–Trinajstić information content (AvgIpc) is 4.08. The second-order valence-electron chi connectivity index (χ2n) is 14.0. The van der Waals surface area contributed by atoms with Gasteiger partial charge in [-0.2, -0.15) is 30.6 Å². The van der Waals surface area contributed by atoms with Gasteiger partial charge in [0.25, 0.3) is 0 Å². The molecule has 6 aromatic rings. The highest BCUT2D eigenvalue weighted by Crippen LogP contribution is 2.09. The number of amides is 5. The summed E-state index contributed by atoms with van der Waals surface area (Å²) in [5, 5.41) is 62.9. The van der Waals surface area contributed by atoms with Gasteiger partial charge in [-0.3, -0.25) is 54.6 Å². The summed E-state index contributed by atoms with van der Waals surface area (Å²) in [6.07, 6.45) is 8.29. The molecule has 0 aromatic carbocycles. The van der Waals surface area contributed by atoms with Crippen LogP contribution in [0.4, 0.5) is 0 Å². The van der Waals surface area contributed by atoms with Crippen molar-refractivity contribution >= 4 is 35.5 Å². The van der Waals surface area contributed by atoms with E-state index in [1.807, 2.05) is 0 Å². The highest BCUT2D eigenvalue weighted by Gasteiger charge is 2.34. The van der Waals surface area contributed by atoms with Crippen LogP contribution in [0.5, 0.6) is 0 Å². The van der Waals surface area contributed by atoms with Crippen molar-refractivity contribution in [2.24, 2.45) is 5.73 Å². The van der Waals surface area contributed by atoms with E-state index in [4.69, 9.17) is 5.73 Å². The lowest BCUT2D eigenvalue weighted by Gasteiger charge is -2.27. The average molecular weight is 841 g/mol. The number of nitrogens with zero attached hydrogens (tertiary/aromatic N) is 6. The number of aromatic amines is 6. The summed E-state index contributed by atoms with van der Waals surface area (Å²) in [4.78, 5) is 81.7. The first-order valence-electron chi connectivity index (χ1n) is 18.9. The quantitative estimate of drug-likeness (QED) is 0.0300. The molecule has 6 aromatic heterocycles. The third-order valence-corrected chi connectivity index (χ3v) is 9.39. The Kier molecular flexibility index (Phi) is 14.4. The van der Waals surface area contributed by atoms with Crippen molar-refractivity contribution in [3.8, 4) is 0 Å². The number of aromatic nitrogens is 12. The minimum atomic E-state index is -1.39. The monoisotopic (exact) mass is 840 g/mol. The summed E-state index contributed by atoms with van der Waals surface area (Å²) in [7, 11) is 0. The minimum Gasteiger partial charge on any atom is -0.480 e. The number of hydrogen-bond acceptors (Lipinski definition) is 13. The first-order valence-corrected chi connectivity index (χ1v) is 18.9. The summed E-state index contributed by atoms with van der Waals surface area (Å²) in [5.74, 6) is -5.21. The van der Waals surface area contributed by atoms with Crippen molar-refractivity contribution < 1.29 is 33.9 Å². The van der Waals surface area contributed by atoms with Crippen LogP contribution in [0.15, 0.2) is 73.6 Å². The molecule has 0 aliphatic heterocycles. The topological polar surface area (TPSA) is 381 Å². The van der Waals surface area contributed by atoms with E-state index >= 15 is 0 Å². The Labute approximate surface area is 345 Å². The predicted octanol–water partition coefficient (Wildman–Crippen LogP) is -3.38. The van der Waals surface area contributed by atoms with E-state index in [-0.39, 0.29) is 38.5 Å². The number of carbonyl (C=O) groups excluding carboxylic acids is 5. The van der Waals surface area contributed by atoms with Gasteiger partial charge >= 0.3 is 5.97 Å². The Bertz CT molecular complexity index is 2280. The van der Waals surface area contributed by atoms with Crippen LogP contribution in [0.3, 0.4) is 0 Å². The number of hydrogen-bond donors (Lipinski definition) is 13. The third-order valence-electron chi connectivity index (χ3n) is 9.39. The minimum absolute atomic E-state index is 0.0536. The molecule has 0 bridgehead atoms. The Hall–Kier alpha value is -7.96. The first kappa shape index (κ1) is 42.6. The number of carboxylic acids is 1. The van der Waals surface area contributed by atoms with Gasteiger partial charge in [0.15, 0.2) is 0 Å². The van der Waals surface area contributed by atoms with Crippen molar-refractivity contribution in [2.75, 3.05) is 0 Å². The standard InChI is InChI=1S/C36H44N18O7/c37-25(13-19-1-7-38-49-19)31(55)44-26(14-20-2-8-39-50-20)32(56)45-27(15-21-3-9-40-51-21)33(57)46-28(16-22-4-10-41-52-22)34(58)47-29(17-23-5-11-42-53-23)35(59)48-30(36(60)61)18-24-6-12-43-54-24/h1-12,25-30H,13-18,37H2,(H,38,49)(H,39,50)(H,40,51)(H,41,52)(H,42,53)(H,43,54)(H,44,55)(H,45,56)(H,46,57)(H,47,58)(H,48,59)(H,60,61)/t25-,26-,27-,28-,29-,30-/m0/s1. The number of carbonyl (C=O) groups is 6. The van der Waals surface area contributed by atoms with Gasteiger partial charge in [-0.05, 0) is 36.4 Å². The summed E-state index contributed by atoms with van der Waals surface area (Å²) < 4.78 is 0. The van der Waals surface area contributed by atoms with E-state index in [0.29, 0.717) is 34.2 Å². The molecule has 0 saturated carbocycles. The SMILES string of the molecule is N[C@@H](Cc1ccn[nH]1)C(=O)N[C@@H](Cc1ccn[nH]1)C(=O)N[C@@H](Cc1ccn[nH]1)C(=O)N[C@@H](Cc1ccn[nH]1)C(=O)N[C@@H](Cc1ccn[nH]1)C(=O)N[C@@H](Cc1ccn[nH]1)C(=O)O. The van der Waals surface area contributed by atoms with E-state index in [1.165, 1.54) is 37.2 Å². The highest BCUT2D eigenvalue weighted by molar-refractivity contribution is 5.96. The number of aliphatic carboxylic acids is 1. The van der Waals surface area contributed by atoms with Crippen LogP contribution in [0.1, 0.15) is 34.2 Å². The maximum Gasteiger partial charge on any atom is 0.326 e. The molecular weight excluding hydrogens is 797 g/mol. The zero-order valence-electron chi connectivity index (χ0n) is 32.3. The largest absolute Gasteiger partial charge is 0.480 e. The number of nitrogens with two attached hydrogens (primary N) is 1. The molecule has 6 heterocycles. The number of rotatable bonds is 23. The van der Waals surface area contributed by atoms with Crippen LogP contribution < -0.4 is 32.3 Å². The molecule has 25 heteroatoms. The van der Waals surface area contributed by atoms with Gasteiger partial charge in [0.05, 0.1) is 6.04 Å². The Morgan fingerprint density at radius 2 is 0.639 bits per heavy atom. The van der Waals surface area contributed by atoms with Crippen LogP contribution in [0.25, 0.3) is 0 Å². The van der Waals surface area contributed by atoms with Crippen LogP contribution in [0.2, 0.25) is 0 Å². The van der Waals surface area contributed by atoms with E-state index in [2.05, 4.69) is 87.8 Å². The molecular formula is C36H44N18O7. The van der Waals surface area contributed by atoms with Crippen LogP contribution >= 0.6 is 0 Å². The molecule has 6 atom stereocenters. The lowest BCUT2D eigenvalue weighted by molar-refractivity contribution is -0.142. The normalized spacial score (nSPS) is 14.1. The fourth-order valence-electron chi connectivity index (χ4n) is 6.22. The second kappa shape index (κ2) is 20.6. The van der Waals surface area contributed by atoms with E-state index < -0.39 is 71.8 Å². The molecule has 0 aliphatic carbocycles. The van der Waals surface area contributed by atoms with E-state index in [9.17, 15) is 33.9 Å². The van der Waals surface area contributed by atoms with Crippen molar-refractivity contribution in [1.82, 2.24) is 87.8 Å². The van der Waals surface area contributed by atoms with E-state index in [1.54, 1.807) is 36.4 Å². The molecule has 6 rings (SSSR count). The number of H-pyrrole nitrogens is 6. The molecule has 0 unspecified atom stereocenters. The molecule has 61 heavy (non-hydrogen) atoms. The van der Waals surface area contributed by atoms with Crippen LogP contribution in [0, 0.1) is 0 Å². The Morgan fingerprint density at radius 1 is 0.410 bits per heavy atom. The van der Waals surface area contributed by atoms with Crippen molar-refractivity contribution in [3.05, 3.63) is 108 Å². The van der Waals surface area contributed by atoms with Gasteiger partial charge in [0, 0.05) is 110 Å². The van der Waals surface area contributed by atoms with Crippen LogP contribution in [-0.2, 0) is 67.3 Å². The summed E-state index contributed by atoms with van der Waals surface area (Å²) in [6, 6.07) is 1.80. The van der Waals surface area contributed by atoms with Gasteiger partial charge in [-0.25, -0.2) is 4.79 Å². The predicted molar refractivity (Wildman–Crippen MR) is 209 cm³/mol. The first-order chi connectivity index (χ1) is 29.5. The van der Waals surface area contributed by atoms with Gasteiger partial charge in [0.1, 0.15) is 30.2 Å². The van der Waals surface area contributed by atoms with Crippen LogP contribution in [-0.4, -0.2) is 138 Å². The van der Waals surface area contributed by atoms with Gasteiger partial charge in [-0.1, -0.05) is 0 Å². The van der Waals surface area contributed by atoms with Crippen molar-refractivity contribution in [3.63, 3.8) is 0 Å². The molecule has 0 saturated heterocycles. The fraction of sp³-hybridized carbons (Fsp3) is 0.333. The zero-order chi connectivity index (χ0) is 43.1. The maximum absolute atomic E-state index is 14.3. The highest BCUT2D eigenvalue weighted by atomic mass is 16.4. The summed E-state index contributed by atoms with van der Waals surface area (Å²) in [6.45, 7) is 0. The molecule has 0 spiro atoms. The lowest BCUT2D eigenvalue weighted by Crippen LogP contribution is -2.60. The number of carboxylic acid groups (broad SMARTS) is 1. The zero-order valence-corrected chi connectivity index (χ0v) is 32.3. The Balaban J connectivity index is 1.21. The molecule has 0 radical (unpaired) electrons. The summed E-state index contributed by atoms with van der Waals surface area (Å²) >= 11 is 0.